The Morgan fingerprint density at radius 1 is 0.581 bits per heavy atom. The highest BCUT2D eigenvalue weighted by Gasteiger charge is 2.34. The molecular formula is C20H44N5P3S3+2. The van der Waals surface area contributed by atoms with E-state index in [-0.39, 0.29) is 12.1 Å². The Balaban J connectivity index is 6.25. The summed E-state index contributed by atoms with van der Waals surface area (Å²) in [5, 5.41) is 0. The topological polar surface area (TPSA) is 34.4 Å². The van der Waals surface area contributed by atoms with Gasteiger partial charge in [-0.15, -0.1) is 0 Å². The standard InChI is InChI=1S/C20H44N5P3S3/c1-15(2)23(16(3)4)26(29)21-13-28(31,25(19(9)10)20(11)12)14-22-27(30)24(17(5)6)18(7)8/h13-20H,1-12H3/q+2/b21-13-,22-14+. The fraction of sp³-hybridized carbons (Fsp3) is 0.900. The summed E-state index contributed by atoms with van der Waals surface area (Å²) >= 11 is 17.9. The van der Waals surface area contributed by atoms with Crippen molar-refractivity contribution in [3.05, 3.63) is 0 Å². The summed E-state index contributed by atoms with van der Waals surface area (Å²) in [7, 11) is 0. The van der Waals surface area contributed by atoms with Crippen molar-refractivity contribution in [2.75, 3.05) is 0 Å². The van der Waals surface area contributed by atoms with Gasteiger partial charge in [0.2, 0.25) is 23.6 Å². The normalized spacial score (nSPS) is 16.7. The second kappa shape index (κ2) is 14.3. The van der Waals surface area contributed by atoms with E-state index in [2.05, 4.69) is 97.1 Å². The molecule has 3 atom stereocenters. The smallest absolute Gasteiger partial charge is 0.261 e. The average Bonchev–Trinajstić information content (AvgIpc) is 2.56. The van der Waals surface area contributed by atoms with Crippen molar-refractivity contribution in [1.29, 1.82) is 0 Å². The van der Waals surface area contributed by atoms with Gasteiger partial charge in [0.15, 0.2) is 0 Å². The van der Waals surface area contributed by atoms with Gasteiger partial charge in [0.05, 0.1) is 0 Å². The summed E-state index contributed by atoms with van der Waals surface area (Å²) in [5.41, 5.74) is 0. The molecule has 0 aromatic heterocycles. The van der Waals surface area contributed by atoms with Crippen LogP contribution in [0.2, 0.25) is 0 Å². The first-order valence-corrected chi connectivity index (χ1v) is 18.5. The van der Waals surface area contributed by atoms with Crippen molar-refractivity contribution < 1.29 is 0 Å². The van der Waals surface area contributed by atoms with Crippen molar-refractivity contribution in [3.8, 4) is 0 Å². The molecule has 5 nitrogen and oxygen atoms in total. The number of hydrogen-bond acceptors (Lipinski definition) is 3. The Hall–Kier alpha value is 0.910. The van der Waals surface area contributed by atoms with Gasteiger partial charge < -0.3 is 0 Å². The van der Waals surface area contributed by atoms with Crippen LogP contribution in [0, 0.1) is 0 Å². The Morgan fingerprint density at radius 3 is 1.03 bits per heavy atom. The Labute approximate surface area is 209 Å². The van der Waals surface area contributed by atoms with E-state index in [0.29, 0.717) is 24.2 Å². The SMILES string of the molecule is CC(C)N(C(C)C)[P+](=S)/N=C\P(=S)(/C=N/[P+](=S)N(C(C)C)C(C)C)N(C(C)C)C(C)C. The molecule has 0 heterocycles. The minimum absolute atomic E-state index is 0.272. The third kappa shape index (κ3) is 9.97. The van der Waals surface area contributed by atoms with Gasteiger partial charge in [-0.1, -0.05) is 21.1 Å². The quantitative estimate of drug-likeness (QED) is 0.179. The molecule has 0 saturated heterocycles. The van der Waals surface area contributed by atoms with E-state index in [1.807, 2.05) is 11.9 Å². The number of hydrogen-bond donors (Lipinski definition) is 0. The van der Waals surface area contributed by atoms with Crippen molar-refractivity contribution in [2.24, 2.45) is 9.53 Å². The van der Waals surface area contributed by atoms with Crippen LogP contribution < -0.4 is 0 Å². The largest absolute Gasteiger partial charge is 0.419 e. The predicted molar refractivity (Wildman–Crippen MR) is 156 cm³/mol. The van der Waals surface area contributed by atoms with Gasteiger partial charge in [-0.25, -0.2) is 0 Å². The third-order valence-corrected chi connectivity index (χ3v) is 13.6. The summed E-state index contributed by atoms with van der Waals surface area (Å²) in [6.45, 7) is 23.9. The maximum Gasteiger partial charge on any atom is 0.419 e. The first kappa shape index (κ1) is 31.9. The van der Waals surface area contributed by atoms with E-state index in [9.17, 15) is 0 Å². The van der Waals surface area contributed by atoms with Crippen LogP contribution in [0.15, 0.2) is 9.53 Å². The lowest BCUT2D eigenvalue weighted by molar-refractivity contribution is 0.327. The highest BCUT2D eigenvalue weighted by molar-refractivity contribution is 8.27. The van der Waals surface area contributed by atoms with Crippen LogP contribution in [0.1, 0.15) is 83.1 Å². The highest BCUT2D eigenvalue weighted by Crippen LogP contribution is 2.51. The Bertz CT molecular complexity index is 636. The summed E-state index contributed by atoms with van der Waals surface area (Å²) < 4.78 is 16.7. The summed E-state index contributed by atoms with van der Waals surface area (Å²) in [4.78, 5) is 0. The second-order valence-corrected chi connectivity index (χ2v) is 17.7. The number of nitrogens with zero attached hydrogens (tertiary/aromatic N) is 5. The summed E-state index contributed by atoms with van der Waals surface area (Å²) in [6.07, 6.45) is -2.32. The molecule has 0 radical (unpaired) electrons. The minimum Gasteiger partial charge on any atom is -0.261 e. The zero-order valence-electron chi connectivity index (χ0n) is 21.4. The van der Waals surface area contributed by atoms with Gasteiger partial charge in [0.1, 0.15) is 18.1 Å². The summed E-state index contributed by atoms with van der Waals surface area (Å²) in [5.74, 6) is 3.91. The first-order chi connectivity index (χ1) is 14.1. The predicted octanol–water partition coefficient (Wildman–Crippen LogP) is 7.34. The van der Waals surface area contributed by atoms with Crippen LogP contribution in [0.25, 0.3) is 0 Å². The lowest BCUT2D eigenvalue weighted by Crippen LogP contribution is -2.35. The molecule has 0 aromatic carbocycles. The molecule has 0 aromatic rings. The third-order valence-electron chi connectivity index (χ3n) is 4.56. The lowest BCUT2D eigenvalue weighted by atomic mass is 10.3. The van der Waals surface area contributed by atoms with Crippen molar-refractivity contribution in [2.45, 2.75) is 119 Å². The van der Waals surface area contributed by atoms with Crippen molar-refractivity contribution >= 4 is 67.5 Å². The van der Waals surface area contributed by atoms with Crippen LogP contribution in [0.5, 0.6) is 0 Å². The van der Waals surface area contributed by atoms with Gasteiger partial charge in [-0.2, -0.15) is 0 Å². The average molecular weight is 544 g/mol. The minimum atomic E-state index is -2.32. The molecule has 0 amide bonds. The maximum absolute atomic E-state index is 6.28. The van der Waals surface area contributed by atoms with E-state index < -0.39 is 20.2 Å². The molecule has 11 heteroatoms. The van der Waals surface area contributed by atoms with E-state index in [1.54, 1.807) is 0 Å². The zero-order valence-corrected chi connectivity index (χ0v) is 26.6. The molecule has 0 rings (SSSR count). The fourth-order valence-corrected chi connectivity index (χ4v) is 14.2. The highest BCUT2D eigenvalue weighted by atomic mass is 32.4. The zero-order chi connectivity index (χ0) is 24.7. The van der Waals surface area contributed by atoms with Crippen molar-refractivity contribution in [3.63, 3.8) is 0 Å². The molecule has 0 spiro atoms. The number of rotatable bonds is 13. The van der Waals surface area contributed by atoms with E-state index in [1.165, 1.54) is 0 Å². The van der Waals surface area contributed by atoms with Crippen LogP contribution >= 0.6 is 20.2 Å². The molecule has 0 fully saturated rings. The van der Waals surface area contributed by atoms with Crippen LogP contribution in [0.3, 0.4) is 0 Å². The molecule has 0 aliphatic rings. The van der Waals surface area contributed by atoms with Crippen molar-refractivity contribution in [1.82, 2.24) is 14.0 Å². The van der Waals surface area contributed by atoms with E-state index >= 15 is 0 Å². The lowest BCUT2D eigenvalue weighted by Gasteiger charge is -2.36. The molecule has 0 aliphatic heterocycles. The molecule has 180 valence electrons. The van der Waals surface area contributed by atoms with Gasteiger partial charge in [0.25, 0.3) is 0 Å². The molecular weight excluding hydrogens is 499 g/mol. The monoisotopic (exact) mass is 543 g/mol. The first-order valence-electron chi connectivity index (χ1n) is 11.1. The van der Waals surface area contributed by atoms with Crippen LogP contribution in [-0.4, -0.2) is 62.2 Å². The van der Waals surface area contributed by atoms with Crippen LogP contribution in [-0.2, 0) is 35.4 Å². The fourth-order valence-electron chi connectivity index (χ4n) is 3.81. The molecule has 0 bridgehead atoms. The van der Waals surface area contributed by atoms with Gasteiger partial charge in [-0.3, -0.25) is 4.67 Å². The van der Waals surface area contributed by atoms with E-state index in [4.69, 9.17) is 44.9 Å². The van der Waals surface area contributed by atoms with Crippen LogP contribution in [0.4, 0.5) is 0 Å². The second-order valence-electron chi connectivity index (χ2n) is 9.34. The van der Waals surface area contributed by atoms with E-state index in [0.717, 1.165) is 0 Å². The molecule has 3 unspecified atom stereocenters. The molecule has 31 heavy (non-hydrogen) atoms. The Kier molecular flexibility index (Phi) is 14.8. The molecule has 0 aliphatic carbocycles. The summed E-state index contributed by atoms with van der Waals surface area (Å²) in [6, 6.07) is 1.90. The molecule has 0 N–H and O–H groups in total. The Morgan fingerprint density at radius 2 is 0.839 bits per heavy atom. The van der Waals surface area contributed by atoms with Gasteiger partial charge in [-0.05, 0) is 92.6 Å². The maximum atomic E-state index is 6.28. The van der Waals surface area contributed by atoms with Gasteiger partial charge >= 0.3 is 14.0 Å². The van der Waals surface area contributed by atoms with Gasteiger partial charge in [0, 0.05) is 36.3 Å². The molecule has 0 saturated carbocycles.